The number of carbonyl (C=O) groups is 2. The molecule has 2 aromatic rings. The smallest absolute Gasteiger partial charge is 0.272 e. The van der Waals surface area contributed by atoms with Crippen LogP contribution in [0.4, 0.5) is 0 Å². The van der Waals surface area contributed by atoms with Crippen LogP contribution in [0, 0.1) is 6.92 Å². The Bertz CT molecular complexity index is 726. The Morgan fingerprint density at radius 1 is 1.08 bits per heavy atom. The summed E-state index contributed by atoms with van der Waals surface area (Å²) < 4.78 is 0. The number of nitrogens with one attached hydrogen (secondary N) is 1. The molecule has 0 saturated carbocycles. The number of carbonyl (C=O) groups excluding carboxylic acids is 2. The van der Waals surface area contributed by atoms with Gasteiger partial charge in [0.05, 0.1) is 0 Å². The van der Waals surface area contributed by atoms with Crippen LogP contribution in [-0.4, -0.2) is 35.3 Å². The summed E-state index contributed by atoms with van der Waals surface area (Å²) in [6.07, 6.45) is 1.96. The van der Waals surface area contributed by atoms with Crippen molar-refractivity contribution in [2.75, 3.05) is 13.6 Å². The molecule has 2 amide bonds. The number of aryl methyl sites for hydroxylation is 1. The summed E-state index contributed by atoms with van der Waals surface area (Å²) >= 11 is 0. The van der Waals surface area contributed by atoms with Gasteiger partial charge in [0.1, 0.15) is 11.4 Å². The lowest BCUT2D eigenvalue weighted by atomic mass is 10.1. The highest BCUT2D eigenvalue weighted by molar-refractivity contribution is 5.96. The number of pyridine rings is 1. The highest BCUT2D eigenvalue weighted by Crippen LogP contribution is 2.06. The van der Waals surface area contributed by atoms with Crippen molar-refractivity contribution in [1.29, 1.82) is 0 Å². The number of nitrogens with zero attached hydrogens (tertiary/aromatic N) is 2. The number of amides is 2. The molecule has 0 fully saturated rings. The van der Waals surface area contributed by atoms with Crippen LogP contribution in [0.15, 0.2) is 42.5 Å². The fourth-order valence-electron chi connectivity index (χ4n) is 2.35. The van der Waals surface area contributed by atoms with Crippen molar-refractivity contribution in [3.63, 3.8) is 0 Å². The quantitative estimate of drug-likeness (QED) is 0.842. The van der Waals surface area contributed by atoms with E-state index in [4.69, 9.17) is 0 Å². The molecule has 0 saturated heterocycles. The van der Waals surface area contributed by atoms with Crippen molar-refractivity contribution in [2.45, 2.75) is 33.2 Å². The third kappa shape index (κ3) is 5.41. The zero-order valence-electron chi connectivity index (χ0n) is 15.1. The molecular formula is C20H25N3O2. The summed E-state index contributed by atoms with van der Waals surface area (Å²) in [5, 5.41) is 2.84. The molecule has 0 radical (unpaired) electrons. The Morgan fingerprint density at radius 3 is 2.44 bits per heavy atom. The molecule has 2 rings (SSSR count). The van der Waals surface area contributed by atoms with Gasteiger partial charge in [-0.15, -0.1) is 0 Å². The molecule has 0 unspecified atom stereocenters. The van der Waals surface area contributed by atoms with Crippen molar-refractivity contribution in [1.82, 2.24) is 15.2 Å². The first-order valence-electron chi connectivity index (χ1n) is 8.57. The maximum atomic E-state index is 12.4. The van der Waals surface area contributed by atoms with Crippen LogP contribution in [0.25, 0.3) is 0 Å². The molecule has 1 aromatic carbocycles. The summed E-state index contributed by atoms with van der Waals surface area (Å²) in [5.41, 5.74) is 2.74. The highest BCUT2D eigenvalue weighted by Gasteiger charge is 2.15. The maximum absolute atomic E-state index is 12.4. The van der Waals surface area contributed by atoms with Gasteiger partial charge < -0.3 is 10.2 Å². The minimum Gasteiger partial charge on any atom is -0.347 e. The van der Waals surface area contributed by atoms with Crippen LogP contribution in [0.5, 0.6) is 0 Å². The summed E-state index contributed by atoms with van der Waals surface area (Å²) in [7, 11) is 1.75. The van der Waals surface area contributed by atoms with Gasteiger partial charge in [-0.2, -0.15) is 0 Å². The average Bonchev–Trinajstić information content (AvgIpc) is 2.64. The molecule has 0 bridgehead atoms. The van der Waals surface area contributed by atoms with Crippen LogP contribution in [0.2, 0.25) is 0 Å². The van der Waals surface area contributed by atoms with E-state index in [1.54, 1.807) is 30.1 Å². The second-order valence-corrected chi connectivity index (χ2v) is 6.16. The van der Waals surface area contributed by atoms with E-state index < -0.39 is 0 Å². The molecule has 0 aliphatic rings. The zero-order chi connectivity index (χ0) is 18.2. The molecule has 5 heteroatoms. The number of benzene rings is 1. The number of aromatic nitrogens is 1. The standard InChI is InChI=1S/C20H25N3O2/c1-4-5-13-23(3)20(25)18-8-6-7-17(22-18)19(24)21-14-16-11-9-15(2)10-12-16/h6-12H,4-5,13-14H2,1-3H3,(H,21,24). The maximum Gasteiger partial charge on any atom is 0.272 e. The molecule has 1 heterocycles. The second kappa shape index (κ2) is 8.97. The first-order chi connectivity index (χ1) is 12.0. The van der Waals surface area contributed by atoms with Crippen molar-refractivity contribution < 1.29 is 9.59 Å². The molecule has 0 spiro atoms. The monoisotopic (exact) mass is 339 g/mol. The third-order valence-corrected chi connectivity index (χ3v) is 3.97. The van der Waals surface area contributed by atoms with Gasteiger partial charge in [0.25, 0.3) is 11.8 Å². The van der Waals surface area contributed by atoms with Crippen molar-refractivity contribution in [2.24, 2.45) is 0 Å². The molecule has 0 aliphatic carbocycles. The summed E-state index contributed by atoms with van der Waals surface area (Å²) in [5.74, 6) is -0.451. The van der Waals surface area contributed by atoms with Gasteiger partial charge in [-0.25, -0.2) is 4.98 Å². The Morgan fingerprint density at radius 2 is 1.76 bits per heavy atom. The lowest BCUT2D eigenvalue weighted by molar-refractivity contribution is 0.0787. The summed E-state index contributed by atoms with van der Waals surface area (Å²) in [6, 6.07) is 12.9. The summed E-state index contributed by atoms with van der Waals surface area (Å²) in [4.78, 5) is 30.5. The minimum absolute atomic E-state index is 0.165. The van der Waals surface area contributed by atoms with Gasteiger partial charge in [-0.05, 0) is 31.0 Å². The second-order valence-electron chi connectivity index (χ2n) is 6.16. The van der Waals surface area contributed by atoms with Gasteiger partial charge >= 0.3 is 0 Å². The van der Waals surface area contributed by atoms with Crippen LogP contribution in [-0.2, 0) is 6.54 Å². The zero-order valence-corrected chi connectivity index (χ0v) is 15.1. The van der Waals surface area contributed by atoms with Gasteiger partial charge in [-0.1, -0.05) is 49.2 Å². The van der Waals surface area contributed by atoms with E-state index in [9.17, 15) is 9.59 Å². The Kier molecular flexibility index (Phi) is 6.69. The minimum atomic E-state index is -0.286. The fraction of sp³-hybridized carbons (Fsp3) is 0.350. The number of hydrogen-bond donors (Lipinski definition) is 1. The molecule has 5 nitrogen and oxygen atoms in total. The fourth-order valence-corrected chi connectivity index (χ4v) is 2.35. The van der Waals surface area contributed by atoms with E-state index >= 15 is 0 Å². The van der Waals surface area contributed by atoms with Crippen LogP contribution in [0.3, 0.4) is 0 Å². The molecule has 1 aromatic heterocycles. The molecule has 1 N–H and O–H groups in total. The van der Waals surface area contributed by atoms with Gasteiger partial charge in [0.15, 0.2) is 0 Å². The average molecular weight is 339 g/mol. The SMILES string of the molecule is CCCCN(C)C(=O)c1cccc(C(=O)NCc2ccc(C)cc2)n1. The predicted octanol–water partition coefficient (Wildman–Crippen LogP) is 3.19. The van der Waals surface area contributed by atoms with E-state index in [2.05, 4.69) is 17.2 Å². The first kappa shape index (κ1) is 18.6. The van der Waals surface area contributed by atoms with Crippen LogP contribution >= 0.6 is 0 Å². The van der Waals surface area contributed by atoms with E-state index in [1.807, 2.05) is 31.2 Å². The van der Waals surface area contributed by atoms with Crippen LogP contribution in [0.1, 0.15) is 51.9 Å². The first-order valence-corrected chi connectivity index (χ1v) is 8.57. The molecular weight excluding hydrogens is 314 g/mol. The topological polar surface area (TPSA) is 62.3 Å². The van der Waals surface area contributed by atoms with Gasteiger partial charge in [0, 0.05) is 20.1 Å². The van der Waals surface area contributed by atoms with E-state index in [0.29, 0.717) is 18.8 Å². The lowest BCUT2D eigenvalue weighted by Crippen LogP contribution is -2.30. The molecule has 0 aliphatic heterocycles. The van der Waals surface area contributed by atoms with E-state index in [-0.39, 0.29) is 17.5 Å². The lowest BCUT2D eigenvalue weighted by Gasteiger charge is -2.16. The van der Waals surface area contributed by atoms with Crippen molar-refractivity contribution >= 4 is 11.8 Å². The van der Waals surface area contributed by atoms with Gasteiger partial charge in [-0.3, -0.25) is 9.59 Å². The third-order valence-electron chi connectivity index (χ3n) is 3.97. The van der Waals surface area contributed by atoms with Crippen LogP contribution < -0.4 is 5.32 Å². The number of rotatable bonds is 7. The van der Waals surface area contributed by atoms with E-state index in [0.717, 1.165) is 18.4 Å². The molecule has 0 atom stereocenters. The predicted molar refractivity (Wildman–Crippen MR) is 98.5 cm³/mol. The Hall–Kier alpha value is -2.69. The number of unbranched alkanes of at least 4 members (excludes halogenated alkanes) is 1. The highest BCUT2D eigenvalue weighted by atomic mass is 16.2. The normalized spacial score (nSPS) is 10.4. The Labute approximate surface area is 149 Å². The molecule has 132 valence electrons. The summed E-state index contributed by atoms with van der Waals surface area (Å²) in [6.45, 7) is 5.21. The van der Waals surface area contributed by atoms with Gasteiger partial charge in [0.2, 0.25) is 0 Å². The van der Waals surface area contributed by atoms with Crippen molar-refractivity contribution in [3.8, 4) is 0 Å². The largest absolute Gasteiger partial charge is 0.347 e. The van der Waals surface area contributed by atoms with Crippen molar-refractivity contribution in [3.05, 3.63) is 65.0 Å². The van der Waals surface area contributed by atoms with E-state index in [1.165, 1.54) is 5.56 Å². The molecule has 25 heavy (non-hydrogen) atoms. The number of hydrogen-bond acceptors (Lipinski definition) is 3. The Balaban J connectivity index is 2.00.